The Labute approximate surface area is 85.0 Å². The van der Waals surface area contributed by atoms with Crippen molar-refractivity contribution in [2.75, 3.05) is 26.3 Å². The highest BCUT2D eigenvalue weighted by molar-refractivity contribution is 4.19. The van der Waals surface area contributed by atoms with Crippen LogP contribution in [0.5, 0.6) is 0 Å². The highest BCUT2D eigenvalue weighted by Gasteiger charge is 1.97. The first kappa shape index (κ1) is 15.1. The van der Waals surface area contributed by atoms with Crippen LogP contribution in [0.15, 0.2) is 0 Å². The first-order valence-corrected chi connectivity index (χ1v) is 3.49. The van der Waals surface area contributed by atoms with Crippen molar-refractivity contribution in [2.24, 2.45) is 0 Å². The molecule has 0 aliphatic heterocycles. The van der Waals surface area contributed by atoms with Gasteiger partial charge in [-0.3, -0.25) is 0 Å². The lowest BCUT2D eigenvalue weighted by atomic mass is 10.6. The number of halogens is 1. The molecule has 0 aromatic heterocycles. The summed E-state index contributed by atoms with van der Waals surface area (Å²) in [6.45, 7) is 0.654. The van der Waals surface area contributed by atoms with Crippen molar-refractivity contribution in [1.82, 2.24) is 0 Å². The van der Waals surface area contributed by atoms with Gasteiger partial charge in [0.2, 0.25) is 0 Å². The quantitative estimate of drug-likeness (QED) is 0.254. The van der Waals surface area contributed by atoms with Crippen molar-refractivity contribution in [3.63, 3.8) is 0 Å². The second-order valence-electron chi connectivity index (χ2n) is 1.98. The Balaban J connectivity index is 0. The molecule has 0 saturated carbocycles. The van der Waals surface area contributed by atoms with E-state index < -0.39 is 10.2 Å². The molecule has 0 rings (SSSR count). The fourth-order valence-corrected chi connectivity index (χ4v) is 0.565. The molecular formula is C4H10ClN3O6. The van der Waals surface area contributed by atoms with E-state index in [4.69, 9.17) is 0 Å². The van der Waals surface area contributed by atoms with Crippen LogP contribution in [0.1, 0.15) is 0 Å². The average Bonchev–Trinajstić information content (AvgIpc) is 2.01. The summed E-state index contributed by atoms with van der Waals surface area (Å²) in [5.74, 6) is 0. The molecule has 2 N–H and O–H groups in total. The molecule has 0 radical (unpaired) electrons. The van der Waals surface area contributed by atoms with Gasteiger partial charge in [-0.25, -0.2) is 0 Å². The fourth-order valence-electron chi connectivity index (χ4n) is 0.565. The average molecular weight is 232 g/mol. The summed E-state index contributed by atoms with van der Waals surface area (Å²) < 4.78 is 0. The van der Waals surface area contributed by atoms with E-state index in [1.54, 1.807) is 5.32 Å². The summed E-state index contributed by atoms with van der Waals surface area (Å²) in [5, 5.41) is 19.1. The number of rotatable bonds is 8. The number of quaternary nitrogens is 1. The molecule has 10 heteroatoms. The van der Waals surface area contributed by atoms with E-state index in [0.717, 1.165) is 0 Å². The van der Waals surface area contributed by atoms with E-state index in [1.165, 1.54) is 0 Å². The zero-order valence-corrected chi connectivity index (χ0v) is 7.88. The van der Waals surface area contributed by atoms with E-state index in [9.17, 15) is 20.2 Å². The molecule has 0 aliphatic carbocycles. The van der Waals surface area contributed by atoms with Crippen LogP contribution in [0.4, 0.5) is 0 Å². The number of hydrogen-bond acceptors (Lipinski definition) is 6. The fraction of sp³-hybridized carbons (Fsp3) is 1.00. The standard InChI is InChI=1S/C4H9N3O6.ClH/c8-6(9)12-3-1-5-2-4-13-7(10)11;/h5H,1-4H2;1H. The molecule has 0 aromatic carbocycles. The second kappa shape index (κ2) is 9.74. The Bertz CT molecular complexity index is 160. The van der Waals surface area contributed by atoms with Crippen LogP contribution >= 0.6 is 0 Å². The Morgan fingerprint density at radius 3 is 1.64 bits per heavy atom. The zero-order valence-electron chi connectivity index (χ0n) is 7.13. The van der Waals surface area contributed by atoms with Crippen molar-refractivity contribution in [1.29, 1.82) is 0 Å². The molecule has 0 heterocycles. The van der Waals surface area contributed by atoms with Gasteiger partial charge >= 0.3 is 0 Å². The molecule has 0 aliphatic rings. The zero-order chi connectivity index (χ0) is 10.1. The molecule has 0 aromatic rings. The van der Waals surface area contributed by atoms with Gasteiger partial charge in [0.05, 0.1) is 13.1 Å². The van der Waals surface area contributed by atoms with E-state index in [-0.39, 0.29) is 25.6 Å². The lowest BCUT2D eigenvalue weighted by Crippen LogP contribution is -3.00. The lowest BCUT2D eigenvalue weighted by Gasteiger charge is -1.99. The Morgan fingerprint density at radius 1 is 1.00 bits per heavy atom. The number of nitrogens with zero attached hydrogens (tertiary/aromatic N) is 2. The first-order chi connectivity index (χ1) is 6.13. The van der Waals surface area contributed by atoms with Crippen LogP contribution < -0.4 is 17.7 Å². The maximum absolute atomic E-state index is 9.63. The Kier molecular flexibility index (Phi) is 10.5. The van der Waals surface area contributed by atoms with Gasteiger partial charge in [-0.1, -0.05) is 0 Å². The maximum atomic E-state index is 9.63. The maximum Gasteiger partial charge on any atom is 0.294 e. The van der Waals surface area contributed by atoms with Crippen LogP contribution in [0.3, 0.4) is 0 Å². The van der Waals surface area contributed by atoms with Gasteiger partial charge in [0.15, 0.2) is 0 Å². The molecule has 0 atom stereocenters. The molecule has 0 spiro atoms. The van der Waals surface area contributed by atoms with Crippen LogP contribution in [0.2, 0.25) is 0 Å². The van der Waals surface area contributed by atoms with Gasteiger partial charge in [0.25, 0.3) is 10.2 Å². The minimum atomic E-state index is -0.888. The Morgan fingerprint density at radius 2 is 1.36 bits per heavy atom. The summed E-state index contributed by atoms with van der Waals surface area (Å²) in [6.07, 6.45) is 0. The number of nitrogens with two attached hydrogens (primary N) is 1. The van der Waals surface area contributed by atoms with E-state index in [2.05, 4.69) is 9.68 Å². The summed E-state index contributed by atoms with van der Waals surface area (Å²) in [5.41, 5.74) is 0. The summed E-state index contributed by atoms with van der Waals surface area (Å²) in [4.78, 5) is 27.2. The van der Waals surface area contributed by atoms with Gasteiger partial charge in [0, 0.05) is 0 Å². The third kappa shape index (κ3) is 13.3. The van der Waals surface area contributed by atoms with Crippen LogP contribution in [-0.2, 0) is 9.68 Å². The van der Waals surface area contributed by atoms with Crippen molar-refractivity contribution in [3.05, 3.63) is 20.2 Å². The van der Waals surface area contributed by atoms with Gasteiger partial charge in [0.1, 0.15) is 13.2 Å². The summed E-state index contributed by atoms with van der Waals surface area (Å²) >= 11 is 0. The molecular weight excluding hydrogens is 222 g/mol. The van der Waals surface area contributed by atoms with Crippen molar-refractivity contribution >= 4 is 0 Å². The van der Waals surface area contributed by atoms with Crippen molar-refractivity contribution < 1.29 is 37.6 Å². The molecule has 0 saturated heterocycles. The van der Waals surface area contributed by atoms with Crippen molar-refractivity contribution in [2.45, 2.75) is 0 Å². The molecule has 9 nitrogen and oxygen atoms in total. The Hall–Kier alpha value is -1.35. The highest BCUT2D eigenvalue weighted by Crippen LogP contribution is 1.70. The van der Waals surface area contributed by atoms with Crippen LogP contribution in [0.25, 0.3) is 0 Å². The molecule has 0 bridgehead atoms. The molecule has 14 heavy (non-hydrogen) atoms. The topological polar surface area (TPSA) is 121 Å². The van der Waals surface area contributed by atoms with E-state index >= 15 is 0 Å². The van der Waals surface area contributed by atoms with Gasteiger partial charge in [-0.2, -0.15) is 0 Å². The third-order valence-corrected chi connectivity index (χ3v) is 1.04. The highest BCUT2D eigenvalue weighted by atomic mass is 35.5. The van der Waals surface area contributed by atoms with Crippen molar-refractivity contribution in [3.8, 4) is 0 Å². The smallest absolute Gasteiger partial charge is 0.294 e. The lowest BCUT2D eigenvalue weighted by molar-refractivity contribution is -0.781. The number of hydrogen-bond donors (Lipinski definition) is 1. The van der Waals surface area contributed by atoms with E-state index in [0.29, 0.717) is 13.1 Å². The van der Waals surface area contributed by atoms with Gasteiger partial charge in [-0.15, -0.1) is 20.2 Å². The van der Waals surface area contributed by atoms with Crippen LogP contribution in [0, 0.1) is 20.2 Å². The van der Waals surface area contributed by atoms with Gasteiger partial charge < -0.3 is 27.4 Å². The monoisotopic (exact) mass is 231 g/mol. The summed E-state index contributed by atoms with van der Waals surface area (Å²) in [7, 11) is 0. The molecule has 0 amide bonds. The minimum absolute atomic E-state index is 0. The van der Waals surface area contributed by atoms with E-state index in [1.807, 2.05) is 0 Å². The third-order valence-electron chi connectivity index (χ3n) is 1.04. The normalized spacial score (nSPS) is 8.57. The first-order valence-electron chi connectivity index (χ1n) is 3.49. The minimum Gasteiger partial charge on any atom is -1.00 e. The molecule has 84 valence electrons. The molecule has 0 fully saturated rings. The predicted molar refractivity (Wildman–Crippen MR) is 37.6 cm³/mol. The summed E-state index contributed by atoms with van der Waals surface area (Å²) in [6, 6.07) is 0. The van der Waals surface area contributed by atoms with Crippen LogP contribution in [-0.4, -0.2) is 36.5 Å². The SMILES string of the molecule is O=[N+]([O-])OCC[NH2+]CCO[N+](=O)[O-].[Cl-]. The second-order valence-corrected chi connectivity index (χ2v) is 1.98. The largest absolute Gasteiger partial charge is 1.00 e. The van der Waals surface area contributed by atoms with Gasteiger partial charge in [-0.05, 0) is 0 Å². The molecule has 0 unspecified atom stereocenters. The predicted octanol–water partition coefficient (Wildman–Crippen LogP) is -5.03.